The van der Waals surface area contributed by atoms with Crippen molar-refractivity contribution < 1.29 is 24.5 Å². The number of hydrogen-bond acceptors (Lipinski definition) is 5. The highest BCUT2D eigenvalue weighted by molar-refractivity contribution is 6.50. The number of nitrogens with zero attached hydrogens (tertiary/aromatic N) is 1. The molecule has 2 aromatic carbocycles. The number of imide groups is 1. The zero-order chi connectivity index (χ0) is 20.5. The van der Waals surface area contributed by atoms with Gasteiger partial charge in [0.15, 0.2) is 0 Å². The topological polar surface area (TPSA) is 101 Å². The van der Waals surface area contributed by atoms with Gasteiger partial charge >= 0.3 is 0 Å². The normalized spacial score (nSPS) is 15.1. The van der Waals surface area contributed by atoms with Crippen LogP contribution in [0.3, 0.4) is 0 Å². The van der Waals surface area contributed by atoms with Crippen LogP contribution < -0.4 is 10.1 Å². The number of benzene rings is 2. The molecule has 0 aliphatic carbocycles. The van der Waals surface area contributed by atoms with Gasteiger partial charge in [-0.05, 0) is 23.8 Å². The fourth-order valence-corrected chi connectivity index (χ4v) is 3.49. The molecule has 1 aliphatic heterocycles. The van der Waals surface area contributed by atoms with E-state index in [4.69, 9.17) is 9.84 Å². The number of aryl methyl sites for hydroxylation is 1. The standard InChI is InChI=1S/C22H20N2O5/c1-24-10-17(16-4-2-3-5-18(16)24)20-19(21(27)23-22(20)28)13-6-8-15(9-7-13)29-12-14(26)11-25/h2-10,14,25-26H,11-12H2,1H3,(H,23,27,28)/t14-/m0/s1. The van der Waals surface area contributed by atoms with Crippen molar-refractivity contribution in [2.24, 2.45) is 7.05 Å². The molecule has 7 nitrogen and oxygen atoms in total. The molecule has 0 radical (unpaired) electrons. The summed E-state index contributed by atoms with van der Waals surface area (Å²) in [6.07, 6.45) is 0.889. The van der Waals surface area contributed by atoms with Gasteiger partial charge in [0.25, 0.3) is 11.8 Å². The lowest BCUT2D eigenvalue weighted by Crippen LogP contribution is -2.22. The molecule has 1 atom stereocenters. The number of amides is 2. The molecular weight excluding hydrogens is 372 g/mol. The number of ether oxygens (including phenoxy) is 1. The molecule has 0 unspecified atom stereocenters. The largest absolute Gasteiger partial charge is 0.491 e. The Morgan fingerprint density at radius 1 is 1.03 bits per heavy atom. The first-order valence-electron chi connectivity index (χ1n) is 9.16. The zero-order valence-corrected chi connectivity index (χ0v) is 15.8. The summed E-state index contributed by atoms with van der Waals surface area (Å²) < 4.78 is 7.33. The average Bonchev–Trinajstić information content (AvgIpc) is 3.22. The maximum atomic E-state index is 12.6. The number of nitrogens with one attached hydrogen (secondary N) is 1. The van der Waals surface area contributed by atoms with Crippen LogP contribution >= 0.6 is 0 Å². The van der Waals surface area contributed by atoms with Gasteiger partial charge < -0.3 is 19.5 Å². The number of aliphatic hydroxyl groups is 2. The smallest absolute Gasteiger partial charge is 0.259 e. The highest BCUT2D eigenvalue weighted by atomic mass is 16.5. The van der Waals surface area contributed by atoms with Crippen LogP contribution in [0, 0.1) is 0 Å². The van der Waals surface area contributed by atoms with E-state index in [1.54, 1.807) is 24.3 Å². The fourth-order valence-electron chi connectivity index (χ4n) is 3.49. The number of hydrogen-bond donors (Lipinski definition) is 3. The second kappa shape index (κ2) is 7.54. The number of aliphatic hydroxyl groups excluding tert-OH is 2. The summed E-state index contributed by atoms with van der Waals surface area (Å²) >= 11 is 0. The fraction of sp³-hybridized carbons (Fsp3) is 0.182. The van der Waals surface area contributed by atoms with Gasteiger partial charge in [0, 0.05) is 29.7 Å². The molecule has 1 aliphatic rings. The third kappa shape index (κ3) is 3.41. The second-order valence-electron chi connectivity index (χ2n) is 6.88. The van der Waals surface area contributed by atoms with Crippen LogP contribution in [0.25, 0.3) is 22.0 Å². The molecule has 0 saturated heterocycles. The van der Waals surface area contributed by atoms with Gasteiger partial charge in [-0.15, -0.1) is 0 Å². The van der Waals surface area contributed by atoms with Gasteiger partial charge in [-0.25, -0.2) is 0 Å². The van der Waals surface area contributed by atoms with Gasteiger partial charge in [-0.2, -0.15) is 0 Å². The van der Waals surface area contributed by atoms with E-state index in [2.05, 4.69) is 5.32 Å². The molecular formula is C22H20N2O5. The maximum absolute atomic E-state index is 12.6. The minimum atomic E-state index is -0.964. The monoisotopic (exact) mass is 392 g/mol. The molecule has 148 valence electrons. The van der Waals surface area contributed by atoms with E-state index >= 15 is 0 Å². The van der Waals surface area contributed by atoms with Crippen molar-refractivity contribution >= 4 is 33.9 Å². The number of rotatable bonds is 6. The molecule has 0 spiro atoms. The van der Waals surface area contributed by atoms with Gasteiger partial charge in [0.2, 0.25) is 0 Å². The first-order valence-corrected chi connectivity index (χ1v) is 9.16. The molecule has 4 rings (SSSR count). The van der Waals surface area contributed by atoms with Crippen molar-refractivity contribution in [1.82, 2.24) is 9.88 Å². The van der Waals surface area contributed by atoms with Gasteiger partial charge in [-0.1, -0.05) is 30.3 Å². The van der Waals surface area contributed by atoms with E-state index in [1.165, 1.54) is 0 Å². The zero-order valence-electron chi connectivity index (χ0n) is 15.8. The molecule has 2 heterocycles. The van der Waals surface area contributed by atoms with E-state index in [0.717, 1.165) is 10.9 Å². The van der Waals surface area contributed by atoms with Crippen molar-refractivity contribution in [3.05, 3.63) is 65.9 Å². The van der Waals surface area contributed by atoms with E-state index in [0.29, 0.717) is 28.0 Å². The number of para-hydroxylation sites is 1. The summed E-state index contributed by atoms with van der Waals surface area (Å²) in [6.45, 7) is -0.430. The lowest BCUT2D eigenvalue weighted by Gasteiger charge is -2.10. The number of carbonyl (C=O) groups is 2. The maximum Gasteiger partial charge on any atom is 0.259 e. The minimum absolute atomic E-state index is 0.0429. The van der Waals surface area contributed by atoms with Gasteiger partial charge in [0.1, 0.15) is 18.5 Å². The molecule has 3 aromatic rings. The lowest BCUT2D eigenvalue weighted by atomic mass is 9.96. The average molecular weight is 392 g/mol. The summed E-state index contributed by atoms with van der Waals surface area (Å²) in [6, 6.07) is 14.4. The third-order valence-corrected chi connectivity index (χ3v) is 4.89. The highest BCUT2D eigenvalue weighted by Crippen LogP contribution is 2.36. The molecule has 0 bridgehead atoms. The van der Waals surface area contributed by atoms with Crippen LogP contribution in [0.1, 0.15) is 11.1 Å². The lowest BCUT2D eigenvalue weighted by molar-refractivity contribution is -0.122. The molecule has 7 heteroatoms. The Balaban J connectivity index is 1.76. The highest BCUT2D eigenvalue weighted by Gasteiger charge is 2.33. The first kappa shape index (κ1) is 18.9. The van der Waals surface area contributed by atoms with Crippen molar-refractivity contribution in [3.8, 4) is 5.75 Å². The van der Waals surface area contributed by atoms with Gasteiger partial charge in [0.05, 0.1) is 17.8 Å². The molecule has 0 fully saturated rings. The number of carbonyl (C=O) groups excluding carboxylic acids is 2. The molecule has 0 saturated carbocycles. The van der Waals surface area contributed by atoms with Crippen LogP contribution in [-0.2, 0) is 16.6 Å². The first-order chi connectivity index (χ1) is 14.0. The summed E-state index contributed by atoms with van der Waals surface area (Å²) in [4.78, 5) is 25.2. The molecule has 3 N–H and O–H groups in total. The van der Waals surface area contributed by atoms with Gasteiger partial charge in [-0.3, -0.25) is 14.9 Å². The summed E-state index contributed by atoms with van der Waals surface area (Å²) in [7, 11) is 1.90. The van der Waals surface area contributed by atoms with Crippen LogP contribution in [0.5, 0.6) is 5.75 Å². The van der Waals surface area contributed by atoms with Crippen LogP contribution in [0.15, 0.2) is 54.7 Å². The van der Waals surface area contributed by atoms with E-state index in [9.17, 15) is 14.7 Å². The summed E-state index contributed by atoms with van der Waals surface area (Å²) in [5, 5.41) is 21.5. The molecule has 2 amide bonds. The van der Waals surface area contributed by atoms with Crippen molar-refractivity contribution in [3.63, 3.8) is 0 Å². The minimum Gasteiger partial charge on any atom is -0.491 e. The Hall–Kier alpha value is -3.42. The number of aromatic nitrogens is 1. The van der Waals surface area contributed by atoms with Crippen LogP contribution in [0.4, 0.5) is 0 Å². The van der Waals surface area contributed by atoms with Crippen molar-refractivity contribution in [2.75, 3.05) is 13.2 Å². The van der Waals surface area contributed by atoms with Crippen LogP contribution in [-0.4, -0.2) is 45.9 Å². The Labute approximate surface area is 166 Å². The Morgan fingerprint density at radius 2 is 1.72 bits per heavy atom. The summed E-state index contributed by atoms with van der Waals surface area (Å²) in [5.41, 5.74) is 2.91. The Bertz CT molecular complexity index is 1130. The predicted molar refractivity (Wildman–Crippen MR) is 108 cm³/mol. The number of fused-ring (bicyclic) bond motifs is 1. The van der Waals surface area contributed by atoms with E-state index in [1.807, 2.05) is 42.1 Å². The van der Waals surface area contributed by atoms with Crippen molar-refractivity contribution in [1.29, 1.82) is 0 Å². The molecule has 1 aromatic heterocycles. The quantitative estimate of drug-likeness (QED) is 0.552. The van der Waals surface area contributed by atoms with Crippen molar-refractivity contribution in [2.45, 2.75) is 6.10 Å². The van der Waals surface area contributed by atoms with E-state index < -0.39 is 17.9 Å². The summed E-state index contributed by atoms with van der Waals surface area (Å²) in [5.74, 6) is -0.381. The predicted octanol–water partition coefficient (Wildman–Crippen LogP) is 1.48. The van der Waals surface area contributed by atoms with E-state index in [-0.39, 0.29) is 13.2 Å². The van der Waals surface area contributed by atoms with Crippen LogP contribution in [0.2, 0.25) is 0 Å². The SMILES string of the molecule is Cn1cc(C2=C(c3ccc(OC[C@@H](O)CO)cc3)C(=O)NC2=O)c2ccccc21. The second-order valence-corrected chi connectivity index (χ2v) is 6.88. The Kier molecular flexibility index (Phi) is 4.92. The third-order valence-electron chi connectivity index (χ3n) is 4.89. The molecule has 29 heavy (non-hydrogen) atoms. The Morgan fingerprint density at radius 3 is 2.45 bits per heavy atom.